The number of fused-ring (bicyclic) bond motifs is 1. The average molecular weight is 598 g/mol. The summed E-state index contributed by atoms with van der Waals surface area (Å²) in [6.45, 7) is 1.84. The highest BCUT2D eigenvalue weighted by Crippen LogP contribution is 2.38. The molecule has 0 bridgehead atoms. The minimum Gasteiger partial charge on any atom is -0.369 e. The van der Waals surface area contributed by atoms with Gasteiger partial charge in [-0.3, -0.25) is 9.36 Å². The number of primary amides is 1. The molecule has 1 saturated heterocycles. The summed E-state index contributed by atoms with van der Waals surface area (Å²) in [6, 6.07) is 13.2. The van der Waals surface area contributed by atoms with Crippen molar-refractivity contribution >= 4 is 63.5 Å². The molecule has 1 aliphatic carbocycles. The molecule has 2 fully saturated rings. The van der Waals surface area contributed by atoms with Crippen molar-refractivity contribution in [3.63, 3.8) is 0 Å². The topological polar surface area (TPSA) is 114 Å². The molecule has 4 aromatic rings. The van der Waals surface area contributed by atoms with Crippen molar-refractivity contribution in [2.75, 3.05) is 28.6 Å². The van der Waals surface area contributed by atoms with Crippen LogP contribution in [0.2, 0.25) is 10.0 Å². The number of nitrogens with two attached hydrogens (primary N) is 1. The van der Waals surface area contributed by atoms with Gasteiger partial charge in [-0.05, 0) is 62.8 Å². The maximum atomic E-state index is 14.9. The number of imidazole rings is 1. The van der Waals surface area contributed by atoms with Gasteiger partial charge in [0.1, 0.15) is 11.3 Å². The smallest absolute Gasteiger partial charge is 0.225 e. The van der Waals surface area contributed by atoms with Gasteiger partial charge in [-0.15, -0.1) is 0 Å². The zero-order chi connectivity index (χ0) is 28.5. The van der Waals surface area contributed by atoms with Gasteiger partial charge in [0.15, 0.2) is 5.65 Å². The number of aromatic nitrogens is 4. The first-order chi connectivity index (χ1) is 19.9. The second kappa shape index (κ2) is 11.7. The van der Waals surface area contributed by atoms with Gasteiger partial charge < -0.3 is 21.3 Å². The molecule has 3 heterocycles. The number of rotatable bonds is 7. The fraction of sp³-hybridized carbons (Fsp3) is 0.379. The molecule has 0 radical (unpaired) electrons. The Morgan fingerprint density at radius 1 is 1.05 bits per heavy atom. The summed E-state index contributed by atoms with van der Waals surface area (Å²) in [5.41, 5.74) is 8.04. The Morgan fingerprint density at radius 2 is 1.83 bits per heavy atom. The van der Waals surface area contributed by atoms with Crippen molar-refractivity contribution < 1.29 is 9.18 Å². The Labute approximate surface area is 247 Å². The first-order valence-corrected chi connectivity index (χ1v) is 14.6. The number of hydrogen-bond donors (Lipinski definition) is 3. The third kappa shape index (κ3) is 5.90. The molecule has 1 amide bonds. The number of carbonyl (C=O) groups is 1. The van der Waals surface area contributed by atoms with Crippen molar-refractivity contribution in [3.8, 4) is 0 Å². The van der Waals surface area contributed by atoms with E-state index in [2.05, 4.69) is 44.8 Å². The van der Waals surface area contributed by atoms with Gasteiger partial charge in [0.2, 0.25) is 17.8 Å². The van der Waals surface area contributed by atoms with Gasteiger partial charge in [-0.1, -0.05) is 41.4 Å². The number of nitrogens with zero attached hydrogens (tertiary/aromatic N) is 5. The Hall–Kier alpha value is -3.63. The van der Waals surface area contributed by atoms with Crippen LogP contribution in [-0.4, -0.2) is 44.6 Å². The lowest BCUT2D eigenvalue weighted by molar-refractivity contribution is -0.122. The van der Waals surface area contributed by atoms with Crippen molar-refractivity contribution in [2.45, 2.75) is 50.6 Å². The number of halogens is 3. The zero-order valence-electron chi connectivity index (χ0n) is 22.4. The van der Waals surface area contributed by atoms with E-state index in [0.717, 1.165) is 25.9 Å². The molecular formula is C29H31Cl2FN8O. The first-order valence-electron chi connectivity index (χ1n) is 13.9. The number of para-hydroxylation sites is 1. The largest absolute Gasteiger partial charge is 0.369 e. The molecule has 12 heteroatoms. The minimum absolute atomic E-state index is 0.0294. The molecule has 214 valence electrons. The van der Waals surface area contributed by atoms with E-state index in [4.69, 9.17) is 38.9 Å². The number of benzene rings is 2. The molecule has 1 saturated carbocycles. The first kappa shape index (κ1) is 27.5. The van der Waals surface area contributed by atoms with Crippen LogP contribution < -0.4 is 21.3 Å². The fourth-order valence-electron chi connectivity index (χ4n) is 5.94. The summed E-state index contributed by atoms with van der Waals surface area (Å²) < 4.78 is 16.9. The summed E-state index contributed by atoms with van der Waals surface area (Å²) in [6.07, 6.45) is 6.45. The van der Waals surface area contributed by atoms with E-state index in [0.29, 0.717) is 48.7 Å². The highest BCUT2D eigenvalue weighted by atomic mass is 35.5. The monoisotopic (exact) mass is 596 g/mol. The summed E-state index contributed by atoms with van der Waals surface area (Å²) in [7, 11) is 0. The number of anilines is 4. The predicted molar refractivity (Wildman–Crippen MR) is 161 cm³/mol. The number of carbonyl (C=O) groups excluding carboxylic acids is 1. The maximum absolute atomic E-state index is 14.9. The molecule has 0 spiro atoms. The molecule has 41 heavy (non-hydrogen) atoms. The van der Waals surface area contributed by atoms with Gasteiger partial charge in [0, 0.05) is 41.8 Å². The van der Waals surface area contributed by atoms with Crippen molar-refractivity contribution in [1.29, 1.82) is 0 Å². The average Bonchev–Trinajstić information content (AvgIpc) is 3.33. The van der Waals surface area contributed by atoms with Crippen LogP contribution in [-0.2, 0) is 4.79 Å². The van der Waals surface area contributed by atoms with E-state index < -0.39 is 5.82 Å². The maximum Gasteiger partial charge on any atom is 0.225 e. The molecular weight excluding hydrogens is 566 g/mol. The predicted octanol–water partition coefficient (Wildman–Crippen LogP) is 6.31. The van der Waals surface area contributed by atoms with Gasteiger partial charge in [0.25, 0.3) is 0 Å². The van der Waals surface area contributed by atoms with Gasteiger partial charge in [0.05, 0.1) is 16.9 Å². The third-order valence-electron chi connectivity index (χ3n) is 8.02. The van der Waals surface area contributed by atoms with E-state index in [1.807, 2.05) is 10.6 Å². The molecule has 6 rings (SSSR count). The van der Waals surface area contributed by atoms with Crippen LogP contribution in [0.25, 0.3) is 11.2 Å². The van der Waals surface area contributed by atoms with Gasteiger partial charge >= 0.3 is 0 Å². The summed E-state index contributed by atoms with van der Waals surface area (Å²) >= 11 is 12.3. The fourth-order valence-corrected chi connectivity index (χ4v) is 6.45. The molecule has 9 nitrogen and oxygen atoms in total. The number of piperidine rings is 1. The van der Waals surface area contributed by atoms with Gasteiger partial charge in [-0.2, -0.15) is 4.98 Å². The molecule has 2 aromatic carbocycles. The van der Waals surface area contributed by atoms with Crippen LogP contribution in [0.4, 0.5) is 27.7 Å². The Balaban J connectivity index is 1.31. The quantitative estimate of drug-likeness (QED) is 0.229. The molecule has 2 aliphatic rings. The standard InChI is InChI=1S/C29H31Cl2FN8O/c30-18-13-22(31)25(23(32)14-18)37-29-36-24-15-34-28(35-19-5-4-12-39(16-19)20-6-2-1-3-7-20)38-27(24)40(29)21-10-8-17(9-11-21)26(33)41/h1-3,6-7,13-15,17,19,21H,4-5,8-12,16H2,(H2,33,41)(H,36,37)(H,34,35,38). The zero-order valence-corrected chi connectivity index (χ0v) is 23.9. The van der Waals surface area contributed by atoms with Crippen LogP contribution in [0.3, 0.4) is 0 Å². The van der Waals surface area contributed by atoms with E-state index >= 15 is 0 Å². The Bertz CT molecular complexity index is 1530. The van der Waals surface area contributed by atoms with E-state index in [-0.39, 0.29) is 39.6 Å². The Morgan fingerprint density at radius 3 is 2.56 bits per heavy atom. The van der Waals surface area contributed by atoms with Crippen molar-refractivity contribution in [1.82, 2.24) is 19.5 Å². The molecule has 1 unspecified atom stereocenters. The Kier molecular flexibility index (Phi) is 7.86. The molecule has 4 N–H and O–H groups in total. The lowest BCUT2D eigenvalue weighted by Crippen LogP contribution is -2.42. The van der Waals surface area contributed by atoms with Gasteiger partial charge in [-0.25, -0.2) is 14.4 Å². The van der Waals surface area contributed by atoms with Crippen LogP contribution in [0, 0.1) is 11.7 Å². The highest BCUT2D eigenvalue weighted by molar-refractivity contribution is 6.36. The number of hydrogen-bond acceptors (Lipinski definition) is 7. The second-order valence-electron chi connectivity index (χ2n) is 10.8. The number of nitrogens with one attached hydrogen (secondary N) is 2. The second-order valence-corrected chi connectivity index (χ2v) is 11.6. The van der Waals surface area contributed by atoms with E-state index in [9.17, 15) is 9.18 Å². The molecule has 1 aliphatic heterocycles. The lowest BCUT2D eigenvalue weighted by atomic mass is 9.85. The normalized spacial score (nSPS) is 21.1. The van der Waals surface area contributed by atoms with Crippen LogP contribution in [0.1, 0.15) is 44.6 Å². The summed E-state index contributed by atoms with van der Waals surface area (Å²) in [4.78, 5) is 28.4. The highest BCUT2D eigenvalue weighted by Gasteiger charge is 2.30. The van der Waals surface area contributed by atoms with Crippen molar-refractivity contribution in [3.05, 3.63) is 64.5 Å². The molecule has 1 atom stereocenters. The van der Waals surface area contributed by atoms with E-state index in [1.165, 1.54) is 17.8 Å². The van der Waals surface area contributed by atoms with Crippen LogP contribution in [0.15, 0.2) is 48.7 Å². The number of amides is 1. The van der Waals surface area contributed by atoms with E-state index in [1.54, 1.807) is 6.20 Å². The SMILES string of the molecule is NC(=O)C1CCC(n2c(Nc3c(F)cc(Cl)cc3Cl)nc3cnc(NC4CCCN(c5ccccc5)C4)nc32)CC1. The van der Waals surface area contributed by atoms with Crippen molar-refractivity contribution in [2.24, 2.45) is 11.7 Å². The lowest BCUT2D eigenvalue weighted by Gasteiger charge is -2.34. The molecule has 2 aromatic heterocycles. The van der Waals surface area contributed by atoms with Crippen LogP contribution >= 0.6 is 23.2 Å². The minimum atomic E-state index is -0.591. The van der Waals surface area contributed by atoms with Crippen LogP contribution in [0.5, 0.6) is 0 Å². The third-order valence-corrected chi connectivity index (χ3v) is 8.53. The summed E-state index contributed by atoms with van der Waals surface area (Å²) in [5, 5.41) is 6.95. The summed E-state index contributed by atoms with van der Waals surface area (Å²) in [5.74, 6) is -0.131.